The number of hydrogen-bond donors (Lipinski definition) is 2. The molecule has 2 aromatic rings. The van der Waals surface area contributed by atoms with E-state index in [1.54, 1.807) is 13.0 Å². The number of phenols is 1. The number of carbonyl (C=O) groups is 1. The van der Waals surface area contributed by atoms with E-state index in [0.717, 1.165) is 5.56 Å². The quantitative estimate of drug-likeness (QED) is 0.838. The summed E-state index contributed by atoms with van der Waals surface area (Å²) in [6, 6.07) is 9.43. The zero-order chi connectivity index (χ0) is 19.6. The minimum Gasteiger partial charge on any atom is -0.507 e. The van der Waals surface area contributed by atoms with Crippen LogP contribution in [0.15, 0.2) is 47.4 Å². The monoisotopic (exact) mass is 393 g/mol. The number of amides is 2. The molecule has 0 aromatic heterocycles. The zero-order valence-corrected chi connectivity index (χ0v) is 15.5. The van der Waals surface area contributed by atoms with Gasteiger partial charge in [0.2, 0.25) is 10.0 Å². The third-order valence-corrected chi connectivity index (χ3v) is 6.28. The molecule has 1 fully saturated rings. The van der Waals surface area contributed by atoms with Crippen LogP contribution in [0.4, 0.5) is 14.9 Å². The normalized spacial score (nSPS) is 15.6. The maximum Gasteiger partial charge on any atom is 0.321 e. The van der Waals surface area contributed by atoms with Gasteiger partial charge < -0.3 is 15.3 Å². The molecule has 3 rings (SSSR count). The first-order valence-corrected chi connectivity index (χ1v) is 9.82. The van der Waals surface area contributed by atoms with Gasteiger partial charge in [0.05, 0.1) is 0 Å². The van der Waals surface area contributed by atoms with Crippen LogP contribution in [0.3, 0.4) is 0 Å². The lowest BCUT2D eigenvalue weighted by Gasteiger charge is -2.34. The highest BCUT2D eigenvalue weighted by molar-refractivity contribution is 7.89. The van der Waals surface area contributed by atoms with E-state index in [-0.39, 0.29) is 42.9 Å². The number of carbonyl (C=O) groups excluding carboxylic acids is 1. The van der Waals surface area contributed by atoms with Crippen molar-refractivity contribution in [2.45, 2.75) is 11.8 Å². The molecule has 1 heterocycles. The van der Waals surface area contributed by atoms with Crippen LogP contribution in [0.25, 0.3) is 0 Å². The van der Waals surface area contributed by atoms with Gasteiger partial charge in [-0.2, -0.15) is 4.31 Å². The molecule has 0 bridgehead atoms. The number of rotatable bonds is 3. The Balaban J connectivity index is 1.65. The van der Waals surface area contributed by atoms with Crippen molar-refractivity contribution in [1.29, 1.82) is 0 Å². The fourth-order valence-electron chi connectivity index (χ4n) is 2.83. The van der Waals surface area contributed by atoms with Crippen molar-refractivity contribution in [1.82, 2.24) is 9.21 Å². The third-order valence-electron chi connectivity index (χ3n) is 4.35. The molecular formula is C18H20FN3O4S. The molecule has 9 heteroatoms. The summed E-state index contributed by atoms with van der Waals surface area (Å²) in [4.78, 5) is 13.6. The Kier molecular flexibility index (Phi) is 5.33. The van der Waals surface area contributed by atoms with E-state index >= 15 is 0 Å². The summed E-state index contributed by atoms with van der Waals surface area (Å²) in [6.07, 6.45) is 0. The number of aromatic hydroxyl groups is 1. The van der Waals surface area contributed by atoms with Crippen molar-refractivity contribution in [3.8, 4) is 5.75 Å². The smallest absolute Gasteiger partial charge is 0.321 e. The van der Waals surface area contributed by atoms with Crippen molar-refractivity contribution in [3.05, 3.63) is 53.8 Å². The molecule has 2 N–H and O–H groups in total. The van der Waals surface area contributed by atoms with Crippen LogP contribution in [0.1, 0.15) is 5.56 Å². The summed E-state index contributed by atoms with van der Waals surface area (Å²) >= 11 is 0. The average Bonchev–Trinajstić information content (AvgIpc) is 2.65. The molecule has 1 aliphatic heterocycles. The molecule has 0 aliphatic carbocycles. The molecule has 2 amide bonds. The minimum absolute atomic E-state index is 0.118. The fraction of sp³-hybridized carbons (Fsp3) is 0.278. The van der Waals surface area contributed by atoms with Crippen LogP contribution >= 0.6 is 0 Å². The lowest BCUT2D eigenvalue weighted by atomic mass is 10.2. The number of benzene rings is 2. The second-order valence-corrected chi connectivity index (χ2v) is 8.21. The van der Waals surface area contributed by atoms with Crippen molar-refractivity contribution in [2.75, 3.05) is 31.5 Å². The lowest BCUT2D eigenvalue weighted by molar-refractivity contribution is 0.184. The number of halogens is 1. The first-order chi connectivity index (χ1) is 12.8. The molecule has 1 aliphatic rings. The van der Waals surface area contributed by atoms with Crippen molar-refractivity contribution in [2.24, 2.45) is 0 Å². The number of phenolic OH excluding ortho intramolecular Hbond substituents is 1. The van der Waals surface area contributed by atoms with Gasteiger partial charge in [0.15, 0.2) is 0 Å². The molecule has 0 radical (unpaired) electrons. The van der Waals surface area contributed by atoms with Crippen LogP contribution in [0.2, 0.25) is 0 Å². The molecule has 1 saturated heterocycles. The highest BCUT2D eigenvalue weighted by atomic mass is 32.2. The molecule has 144 valence electrons. The van der Waals surface area contributed by atoms with Gasteiger partial charge in [-0.1, -0.05) is 6.07 Å². The van der Waals surface area contributed by atoms with E-state index in [0.29, 0.717) is 5.69 Å². The Morgan fingerprint density at radius 1 is 1.07 bits per heavy atom. The number of sulfonamides is 1. The fourth-order valence-corrected chi connectivity index (χ4v) is 4.42. The number of nitrogens with zero attached hydrogens (tertiary/aromatic N) is 2. The number of nitrogens with one attached hydrogen (secondary N) is 1. The van der Waals surface area contributed by atoms with Gasteiger partial charge in [0.25, 0.3) is 0 Å². The number of anilines is 1. The molecule has 0 unspecified atom stereocenters. The van der Waals surface area contributed by atoms with Gasteiger partial charge in [0, 0.05) is 31.9 Å². The second-order valence-electron chi connectivity index (χ2n) is 6.30. The van der Waals surface area contributed by atoms with E-state index in [1.807, 2.05) is 0 Å². The van der Waals surface area contributed by atoms with Crippen molar-refractivity contribution >= 4 is 21.7 Å². The molecule has 2 aromatic carbocycles. The van der Waals surface area contributed by atoms with Crippen molar-refractivity contribution in [3.63, 3.8) is 0 Å². The number of hydrogen-bond acceptors (Lipinski definition) is 4. The Labute approximate surface area is 157 Å². The Hall–Kier alpha value is -2.65. The van der Waals surface area contributed by atoms with Crippen LogP contribution in [-0.2, 0) is 10.0 Å². The summed E-state index contributed by atoms with van der Waals surface area (Å²) in [5, 5.41) is 12.6. The molecule has 27 heavy (non-hydrogen) atoms. The van der Waals surface area contributed by atoms with Gasteiger partial charge >= 0.3 is 6.03 Å². The van der Waals surface area contributed by atoms with Gasteiger partial charge in [0.1, 0.15) is 16.5 Å². The van der Waals surface area contributed by atoms with Crippen LogP contribution in [0, 0.1) is 12.7 Å². The Bertz CT molecular complexity index is 940. The standard InChI is InChI=1S/C18H20FN3O4S/c1-13-2-7-16(23)17(12-13)27(25,26)22-10-8-21(9-11-22)18(24)20-15-5-3-14(19)4-6-15/h2-7,12,23H,8-11H2,1H3,(H,20,24). The van der Waals surface area contributed by atoms with E-state index in [9.17, 15) is 22.7 Å². The largest absolute Gasteiger partial charge is 0.507 e. The van der Waals surface area contributed by atoms with Gasteiger partial charge in [-0.3, -0.25) is 0 Å². The first-order valence-electron chi connectivity index (χ1n) is 8.38. The number of urea groups is 1. The summed E-state index contributed by atoms with van der Waals surface area (Å²) in [7, 11) is -3.84. The van der Waals surface area contributed by atoms with E-state index in [1.165, 1.54) is 45.6 Å². The van der Waals surface area contributed by atoms with E-state index in [4.69, 9.17) is 0 Å². The summed E-state index contributed by atoms with van der Waals surface area (Å²) in [5.41, 5.74) is 1.19. The van der Waals surface area contributed by atoms with E-state index < -0.39 is 15.8 Å². The lowest BCUT2D eigenvalue weighted by Crippen LogP contribution is -2.51. The molecule has 7 nitrogen and oxygen atoms in total. The molecule has 0 atom stereocenters. The summed E-state index contributed by atoms with van der Waals surface area (Å²) < 4.78 is 39.7. The summed E-state index contributed by atoms with van der Waals surface area (Å²) in [5.74, 6) is -0.691. The van der Waals surface area contributed by atoms with Crippen molar-refractivity contribution < 1.29 is 22.7 Å². The van der Waals surface area contributed by atoms with Gasteiger partial charge in [-0.15, -0.1) is 0 Å². The molecule has 0 saturated carbocycles. The van der Waals surface area contributed by atoms with Crippen LogP contribution in [-0.4, -0.2) is 54.9 Å². The maximum absolute atomic E-state index is 12.9. The van der Waals surface area contributed by atoms with E-state index in [2.05, 4.69) is 5.32 Å². The highest BCUT2D eigenvalue weighted by Crippen LogP contribution is 2.27. The minimum atomic E-state index is -3.84. The SMILES string of the molecule is Cc1ccc(O)c(S(=O)(=O)N2CCN(C(=O)Nc3ccc(F)cc3)CC2)c1. The number of piperazine rings is 1. The van der Waals surface area contributed by atoms with Gasteiger partial charge in [-0.25, -0.2) is 17.6 Å². The Morgan fingerprint density at radius 3 is 2.33 bits per heavy atom. The predicted molar refractivity (Wildman–Crippen MR) is 98.6 cm³/mol. The second kappa shape index (κ2) is 7.53. The third kappa shape index (κ3) is 4.20. The number of aryl methyl sites for hydroxylation is 1. The van der Waals surface area contributed by atoms with Crippen LogP contribution in [0.5, 0.6) is 5.75 Å². The highest BCUT2D eigenvalue weighted by Gasteiger charge is 2.31. The zero-order valence-electron chi connectivity index (χ0n) is 14.7. The molecule has 0 spiro atoms. The van der Waals surface area contributed by atoms with Crippen LogP contribution < -0.4 is 5.32 Å². The predicted octanol–water partition coefficient (Wildman–Crippen LogP) is 2.38. The Morgan fingerprint density at radius 2 is 1.70 bits per heavy atom. The maximum atomic E-state index is 12.9. The molecular weight excluding hydrogens is 373 g/mol. The van der Waals surface area contributed by atoms with Gasteiger partial charge in [-0.05, 0) is 48.9 Å². The summed E-state index contributed by atoms with van der Waals surface area (Å²) in [6.45, 7) is 2.40. The first kappa shape index (κ1) is 19.1. The average molecular weight is 393 g/mol. The topological polar surface area (TPSA) is 90.0 Å².